The third kappa shape index (κ3) is 3.95. The second-order valence-corrected chi connectivity index (χ2v) is 2.85. The first-order valence-corrected chi connectivity index (χ1v) is 4.48. The van der Waals surface area contributed by atoms with Crippen molar-refractivity contribution in [3.05, 3.63) is 24.3 Å². The van der Waals surface area contributed by atoms with Crippen LogP contribution < -0.4 is 10.6 Å². The average Bonchev–Trinajstić information content (AvgIpc) is 2.25. The summed E-state index contributed by atoms with van der Waals surface area (Å²) < 4.78 is 0. The molecule has 0 radical (unpaired) electrons. The van der Waals surface area contributed by atoms with Gasteiger partial charge in [-0.2, -0.15) is 0 Å². The summed E-state index contributed by atoms with van der Waals surface area (Å²) in [5.74, 6) is 0.0433. The molecule has 76 valence electrons. The topological polar surface area (TPSA) is 66.9 Å². The molecule has 0 aromatic carbocycles. The molecule has 0 spiro atoms. The highest BCUT2D eigenvalue weighted by atomic mass is 16.1. The van der Waals surface area contributed by atoms with Crippen molar-refractivity contribution in [1.82, 2.24) is 20.6 Å². The third-order valence-electron chi connectivity index (χ3n) is 1.75. The molecule has 0 saturated heterocycles. The second kappa shape index (κ2) is 6.04. The van der Waals surface area contributed by atoms with Crippen molar-refractivity contribution in [1.29, 1.82) is 0 Å². The van der Waals surface area contributed by atoms with Crippen molar-refractivity contribution in [3.8, 4) is 0 Å². The molecule has 1 aromatic rings. The van der Waals surface area contributed by atoms with Crippen molar-refractivity contribution >= 4 is 5.91 Å². The van der Waals surface area contributed by atoms with E-state index in [4.69, 9.17) is 0 Å². The standard InChI is InChI=1S/C9H14N4O/c1-10-9(14)2-3-11-4-8-5-12-7-13-6-8/h5-7,11H,2-4H2,1H3,(H,10,14). The van der Waals surface area contributed by atoms with Gasteiger partial charge >= 0.3 is 0 Å². The molecule has 0 bridgehead atoms. The lowest BCUT2D eigenvalue weighted by molar-refractivity contribution is -0.120. The van der Waals surface area contributed by atoms with E-state index < -0.39 is 0 Å². The van der Waals surface area contributed by atoms with Gasteiger partial charge in [0.2, 0.25) is 5.91 Å². The molecule has 0 atom stereocenters. The first-order chi connectivity index (χ1) is 6.83. The minimum atomic E-state index is 0.0433. The molecule has 0 saturated carbocycles. The van der Waals surface area contributed by atoms with Gasteiger partial charge < -0.3 is 10.6 Å². The van der Waals surface area contributed by atoms with E-state index in [0.29, 0.717) is 19.5 Å². The van der Waals surface area contributed by atoms with Gasteiger partial charge in [0.05, 0.1) is 0 Å². The van der Waals surface area contributed by atoms with Gasteiger partial charge in [-0.25, -0.2) is 9.97 Å². The zero-order valence-corrected chi connectivity index (χ0v) is 8.16. The summed E-state index contributed by atoms with van der Waals surface area (Å²) in [6, 6.07) is 0. The largest absolute Gasteiger partial charge is 0.359 e. The summed E-state index contributed by atoms with van der Waals surface area (Å²) in [6.45, 7) is 1.35. The van der Waals surface area contributed by atoms with Gasteiger partial charge in [-0.15, -0.1) is 0 Å². The number of nitrogens with one attached hydrogen (secondary N) is 2. The van der Waals surface area contributed by atoms with E-state index >= 15 is 0 Å². The Morgan fingerprint density at radius 3 is 2.79 bits per heavy atom. The van der Waals surface area contributed by atoms with Gasteiger partial charge in [0.15, 0.2) is 0 Å². The SMILES string of the molecule is CNC(=O)CCNCc1cncnc1. The van der Waals surface area contributed by atoms with Gasteiger partial charge in [-0.1, -0.05) is 0 Å². The quantitative estimate of drug-likeness (QED) is 0.632. The number of carbonyl (C=O) groups excluding carboxylic acids is 1. The van der Waals surface area contributed by atoms with Crippen LogP contribution in [-0.4, -0.2) is 29.5 Å². The first-order valence-electron chi connectivity index (χ1n) is 4.48. The molecule has 0 aliphatic heterocycles. The van der Waals surface area contributed by atoms with E-state index in [-0.39, 0.29) is 5.91 Å². The molecule has 0 unspecified atom stereocenters. The van der Waals surface area contributed by atoms with Crippen LogP contribution in [0.4, 0.5) is 0 Å². The molecule has 5 heteroatoms. The van der Waals surface area contributed by atoms with Crippen molar-refractivity contribution in [3.63, 3.8) is 0 Å². The van der Waals surface area contributed by atoms with E-state index in [2.05, 4.69) is 20.6 Å². The monoisotopic (exact) mass is 194 g/mol. The van der Waals surface area contributed by atoms with Gasteiger partial charge in [0.25, 0.3) is 0 Å². The Kier molecular flexibility index (Phi) is 4.57. The van der Waals surface area contributed by atoms with Crippen LogP contribution in [0.2, 0.25) is 0 Å². The number of amides is 1. The molecular formula is C9H14N4O. The number of carbonyl (C=O) groups is 1. The number of rotatable bonds is 5. The van der Waals surface area contributed by atoms with Crippen molar-refractivity contribution in [2.24, 2.45) is 0 Å². The molecule has 0 fully saturated rings. The van der Waals surface area contributed by atoms with E-state index in [0.717, 1.165) is 5.56 Å². The summed E-state index contributed by atoms with van der Waals surface area (Å²) in [7, 11) is 1.63. The summed E-state index contributed by atoms with van der Waals surface area (Å²) >= 11 is 0. The molecule has 1 amide bonds. The molecule has 14 heavy (non-hydrogen) atoms. The highest BCUT2D eigenvalue weighted by molar-refractivity contribution is 5.75. The van der Waals surface area contributed by atoms with Crippen molar-refractivity contribution in [2.45, 2.75) is 13.0 Å². The Morgan fingerprint density at radius 1 is 1.43 bits per heavy atom. The summed E-state index contributed by atoms with van der Waals surface area (Å²) in [5.41, 5.74) is 1.02. The molecule has 0 aliphatic rings. The second-order valence-electron chi connectivity index (χ2n) is 2.85. The fourth-order valence-corrected chi connectivity index (χ4v) is 0.981. The average molecular weight is 194 g/mol. The van der Waals surface area contributed by atoms with E-state index in [9.17, 15) is 4.79 Å². The van der Waals surface area contributed by atoms with Crippen LogP contribution in [0.5, 0.6) is 0 Å². The van der Waals surface area contributed by atoms with E-state index in [1.807, 2.05) is 0 Å². The molecule has 1 heterocycles. The van der Waals surface area contributed by atoms with E-state index in [1.165, 1.54) is 6.33 Å². The predicted octanol–water partition coefficient (Wildman–Crippen LogP) is -0.298. The fraction of sp³-hybridized carbons (Fsp3) is 0.444. The smallest absolute Gasteiger partial charge is 0.221 e. The van der Waals surface area contributed by atoms with Crippen LogP contribution in [0, 0.1) is 0 Å². The maximum absolute atomic E-state index is 10.8. The number of aromatic nitrogens is 2. The Balaban J connectivity index is 2.13. The van der Waals surface area contributed by atoms with Gasteiger partial charge in [0.1, 0.15) is 6.33 Å². The Hall–Kier alpha value is -1.49. The maximum atomic E-state index is 10.8. The minimum absolute atomic E-state index is 0.0433. The highest BCUT2D eigenvalue weighted by Gasteiger charge is 1.96. The highest BCUT2D eigenvalue weighted by Crippen LogP contribution is 1.91. The molecular weight excluding hydrogens is 180 g/mol. The molecule has 2 N–H and O–H groups in total. The molecule has 0 aliphatic carbocycles. The van der Waals surface area contributed by atoms with Crippen LogP contribution in [0.15, 0.2) is 18.7 Å². The summed E-state index contributed by atoms with van der Waals surface area (Å²) in [4.78, 5) is 18.6. The Labute approximate surface area is 83.0 Å². The fourth-order valence-electron chi connectivity index (χ4n) is 0.981. The zero-order chi connectivity index (χ0) is 10.2. The minimum Gasteiger partial charge on any atom is -0.359 e. The number of hydrogen-bond donors (Lipinski definition) is 2. The van der Waals surface area contributed by atoms with Gasteiger partial charge in [-0.05, 0) is 0 Å². The predicted molar refractivity (Wildman–Crippen MR) is 52.4 cm³/mol. The van der Waals surface area contributed by atoms with Crippen LogP contribution in [0.1, 0.15) is 12.0 Å². The summed E-state index contributed by atoms with van der Waals surface area (Å²) in [5, 5.41) is 5.69. The van der Waals surface area contributed by atoms with Crippen LogP contribution in [0.3, 0.4) is 0 Å². The molecule has 1 rings (SSSR count). The van der Waals surface area contributed by atoms with E-state index in [1.54, 1.807) is 19.4 Å². The number of hydrogen-bond acceptors (Lipinski definition) is 4. The molecule has 1 aromatic heterocycles. The van der Waals surface area contributed by atoms with Gasteiger partial charge in [0, 0.05) is 44.5 Å². The zero-order valence-electron chi connectivity index (χ0n) is 8.16. The Morgan fingerprint density at radius 2 is 2.14 bits per heavy atom. The van der Waals surface area contributed by atoms with Crippen molar-refractivity contribution in [2.75, 3.05) is 13.6 Å². The van der Waals surface area contributed by atoms with Crippen LogP contribution in [0.25, 0.3) is 0 Å². The van der Waals surface area contributed by atoms with Crippen LogP contribution >= 0.6 is 0 Å². The van der Waals surface area contributed by atoms with Gasteiger partial charge in [-0.3, -0.25) is 4.79 Å². The first kappa shape index (κ1) is 10.6. The lowest BCUT2D eigenvalue weighted by atomic mass is 10.3. The Bertz CT molecular complexity index is 275. The van der Waals surface area contributed by atoms with Crippen LogP contribution in [-0.2, 0) is 11.3 Å². The lowest BCUT2D eigenvalue weighted by Gasteiger charge is -2.02. The number of nitrogens with zero attached hydrogens (tertiary/aromatic N) is 2. The normalized spacial score (nSPS) is 9.79. The lowest BCUT2D eigenvalue weighted by Crippen LogP contribution is -2.24. The third-order valence-corrected chi connectivity index (χ3v) is 1.75. The summed E-state index contributed by atoms with van der Waals surface area (Å²) in [6.07, 6.45) is 5.48. The van der Waals surface area contributed by atoms with Crippen molar-refractivity contribution < 1.29 is 4.79 Å². The maximum Gasteiger partial charge on any atom is 0.221 e. The molecule has 5 nitrogen and oxygen atoms in total.